The molecular weight excluding hydrogens is 289 g/mol. The van der Waals surface area contributed by atoms with Gasteiger partial charge in [-0.05, 0) is 13.0 Å². The molecular formula is C13H13N2OY-. The number of amides is 1. The molecule has 2 rings (SSSR count). The van der Waals surface area contributed by atoms with Gasteiger partial charge >= 0.3 is 0 Å². The minimum absolute atomic E-state index is 0. The van der Waals surface area contributed by atoms with Crippen molar-refractivity contribution in [1.82, 2.24) is 4.98 Å². The summed E-state index contributed by atoms with van der Waals surface area (Å²) >= 11 is 0. The first-order valence-corrected chi connectivity index (χ1v) is 5.18. The summed E-state index contributed by atoms with van der Waals surface area (Å²) in [5, 5.41) is 0. The van der Waals surface area contributed by atoms with E-state index < -0.39 is 0 Å². The molecule has 0 spiro atoms. The van der Waals surface area contributed by atoms with E-state index in [1.165, 1.54) is 0 Å². The minimum atomic E-state index is 0. The van der Waals surface area contributed by atoms with Crippen LogP contribution in [0.2, 0.25) is 0 Å². The topological polar surface area (TPSA) is 33.2 Å². The fourth-order valence-corrected chi connectivity index (χ4v) is 1.44. The second-order valence-electron chi connectivity index (χ2n) is 3.82. The van der Waals surface area contributed by atoms with E-state index in [-0.39, 0.29) is 38.6 Å². The van der Waals surface area contributed by atoms with Crippen LogP contribution in [0.3, 0.4) is 0 Å². The normalized spacial score (nSPS) is 15.1. The van der Waals surface area contributed by atoms with Crippen LogP contribution >= 0.6 is 0 Å². The molecule has 0 unspecified atom stereocenters. The number of rotatable bonds is 1. The van der Waals surface area contributed by atoms with E-state index in [9.17, 15) is 4.79 Å². The second-order valence-corrected chi connectivity index (χ2v) is 3.82. The van der Waals surface area contributed by atoms with Crippen molar-refractivity contribution in [2.24, 2.45) is 0 Å². The van der Waals surface area contributed by atoms with E-state index in [2.05, 4.69) is 11.1 Å². The smallest absolute Gasteiger partial charge is 0.224 e. The molecule has 85 valence electrons. The van der Waals surface area contributed by atoms with Gasteiger partial charge in [0.05, 0.1) is 0 Å². The van der Waals surface area contributed by atoms with Crippen LogP contribution in [-0.4, -0.2) is 10.9 Å². The summed E-state index contributed by atoms with van der Waals surface area (Å²) in [4.78, 5) is 17.6. The minimum Gasteiger partial charge on any atom is -0.367 e. The van der Waals surface area contributed by atoms with E-state index in [0.717, 1.165) is 11.1 Å². The molecule has 1 aliphatic heterocycles. The summed E-state index contributed by atoms with van der Waals surface area (Å²) in [6, 6.07) is 4.78. The van der Waals surface area contributed by atoms with E-state index in [1.54, 1.807) is 23.4 Å². The van der Waals surface area contributed by atoms with Crippen molar-refractivity contribution >= 4 is 11.7 Å². The predicted octanol–water partition coefficient (Wildman–Crippen LogP) is 2.38. The molecule has 1 aliphatic rings. The number of allylic oxidation sites excluding steroid dienone is 2. The maximum Gasteiger partial charge on any atom is 0.224 e. The zero-order chi connectivity index (χ0) is 11.5. The molecule has 0 N–H and O–H groups in total. The summed E-state index contributed by atoms with van der Waals surface area (Å²) in [5.41, 5.74) is 2.05. The van der Waals surface area contributed by atoms with Gasteiger partial charge in [0, 0.05) is 51.1 Å². The molecule has 4 heteroatoms. The Morgan fingerprint density at radius 3 is 2.82 bits per heavy atom. The van der Waals surface area contributed by atoms with Gasteiger partial charge in [-0.25, -0.2) is 0 Å². The largest absolute Gasteiger partial charge is 0.367 e. The van der Waals surface area contributed by atoms with Crippen LogP contribution < -0.4 is 4.90 Å². The average Bonchev–Trinajstić information content (AvgIpc) is 2.44. The third kappa shape index (κ3) is 3.58. The Morgan fingerprint density at radius 2 is 2.18 bits per heavy atom. The SMILES string of the molecule is CC1=CCC(=O)N(c2c[c-]c(C)cn2)C=C1.[Y]. The van der Waals surface area contributed by atoms with Gasteiger partial charge in [0.25, 0.3) is 0 Å². The van der Waals surface area contributed by atoms with Gasteiger partial charge in [-0.15, -0.1) is 11.6 Å². The summed E-state index contributed by atoms with van der Waals surface area (Å²) in [5.74, 6) is 0.646. The van der Waals surface area contributed by atoms with Gasteiger partial charge in [0.2, 0.25) is 5.91 Å². The van der Waals surface area contributed by atoms with Crippen LogP contribution in [0.1, 0.15) is 18.9 Å². The monoisotopic (exact) mass is 302 g/mol. The molecule has 0 fully saturated rings. The van der Waals surface area contributed by atoms with Crippen molar-refractivity contribution in [3.63, 3.8) is 0 Å². The maximum absolute atomic E-state index is 11.8. The van der Waals surface area contributed by atoms with Gasteiger partial charge in [0.1, 0.15) is 0 Å². The van der Waals surface area contributed by atoms with Crippen LogP contribution in [-0.2, 0) is 37.5 Å². The predicted molar refractivity (Wildman–Crippen MR) is 62.8 cm³/mol. The Labute approximate surface area is 126 Å². The van der Waals surface area contributed by atoms with Crippen LogP contribution in [0.15, 0.2) is 36.2 Å². The van der Waals surface area contributed by atoms with E-state index in [1.807, 2.05) is 26.0 Å². The van der Waals surface area contributed by atoms with Crippen LogP contribution in [0.5, 0.6) is 0 Å². The van der Waals surface area contributed by atoms with Gasteiger partial charge in [-0.1, -0.05) is 24.8 Å². The number of anilines is 1. The maximum atomic E-state index is 11.8. The van der Waals surface area contributed by atoms with Crippen LogP contribution in [0, 0.1) is 13.0 Å². The zero-order valence-electron chi connectivity index (χ0n) is 9.97. The number of hydrogen-bond donors (Lipinski definition) is 0. The van der Waals surface area contributed by atoms with E-state index in [0.29, 0.717) is 12.2 Å². The molecule has 0 atom stereocenters. The zero-order valence-corrected chi connectivity index (χ0v) is 12.8. The number of aryl methyl sites for hydroxylation is 1. The van der Waals surface area contributed by atoms with Gasteiger partial charge < -0.3 is 9.88 Å². The Morgan fingerprint density at radius 1 is 1.41 bits per heavy atom. The summed E-state index contributed by atoms with van der Waals surface area (Å²) in [6.07, 6.45) is 7.70. The van der Waals surface area contributed by atoms with E-state index >= 15 is 0 Å². The fourth-order valence-electron chi connectivity index (χ4n) is 1.44. The number of carbonyl (C=O) groups excluding carboxylic acids is 1. The van der Waals surface area contributed by atoms with Gasteiger partial charge in [0.15, 0.2) is 0 Å². The molecule has 1 radical (unpaired) electrons. The van der Waals surface area contributed by atoms with Crippen molar-refractivity contribution in [3.05, 3.63) is 47.8 Å². The van der Waals surface area contributed by atoms with Gasteiger partial charge in [-0.3, -0.25) is 4.79 Å². The molecule has 1 amide bonds. The first-order chi connectivity index (χ1) is 7.66. The molecule has 3 nitrogen and oxygen atoms in total. The average molecular weight is 302 g/mol. The molecule has 0 aromatic carbocycles. The second kappa shape index (κ2) is 6.22. The van der Waals surface area contributed by atoms with Crippen molar-refractivity contribution < 1.29 is 37.5 Å². The standard InChI is InChI=1S/C13H13N2O.Y/c1-10-4-6-13(16)15(8-7-10)12-5-3-11(2)9-14-12;/h4-5,7-9H,6H2,1-2H3;/q-1;. The summed E-state index contributed by atoms with van der Waals surface area (Å²) in [7, 11) is 0. The Balaban J connectivity index is 0.00000144. The molecule has 0 bridgehead atoms. The Kier molecular flexibility index (Phi) is 5.22. The van der Waals surface area contributed by atoms with Crippen LogP contribution in [0.25, 0.3) is 0 Å². The first-order valence-electron chi connectivity index (χ1n) is 5.18. The van der Waals surface area contributed by atoms with E-state index in [4.69, 9.17) is 0 Å². The molecule has 0 aliphatic carbocycles. The fraction of sp³-hybridized carbons (Fsp3) is 0.231. The number of aromatic nitrogens is 1. The first kappa shape index (κ1) is 14.3. The molecule has 1 aromatic heterocycles. The van der Waals surface area contributed by atoms with Gasteiger partial charge in [-0.2, -0.15) is 6.07 Å². The van der Waals surface area contributed by atoms with Crippen molar-refractivity contribution in [2.45, 2.75) is 20.3 Å². The van der Waals surface area contributed by atoms with Crippen molar-refractivity contribution in [1.29, 1.82) is 0 Å². The Bertz CT molecular complexity index is 463. The third-order valence-corrected chi connectivity index (χ3v) is 2.42. The third-order valence-electron chi connectivity index (χ3n) is 2.42. The number of nitrogens with zero attached hydrogens (tertiary/aromatic N) is 2. The molecule has 0 saturated carbocycles. The molecule has 2 heterocycles. The number of hydrogen-bond acceptors (Lipinski definition) is 2. The summed E-state index contributed by atoms with van der Waals surface area (Å²) in [6.45, 7) is 3.89. The molecule has 17 heavy (non-hydrogen) atoms. The van der Waals surface area contributed by atoms with Crippen LogP contribution in [0.4, 0.5) is 5.82 Å². The quantitative estimate of drug-likeness (QED) is 0.746. The van der Waals surface area contributed by atoms with Crippen molar-refractivity contribution in [3.8, 4) is 0 Å². The van der Waals surface area contributed by atoms with Crippen molar-refractivity contribution in [2.75, 3.05) is 4.90 Å². The summed E-state index contributed by atoms with van der Waals surface area (Å²) < 4.78 is 0. The number of pyridine rings is 1. The molecule has 1 aromatic rings. The number of carbonyl (C=O) groups is 1. The Hall–Kier alpha value is -0.796. The molecule has 0 saturated heterocycles.